The quantitative estimate of drug-likeness (QED) is 0.866. The standard InChI is InChI=1S/C17H23N3O/c1-2-20(15-8-4-3-5-9-15)17(21)16-10-12-19-13-14(16)7-6-11-18/h10,12-13,15H,2-5,8-9,11,18H2,1H3. The third-order valence-corrected chi connectivity index (χ3v) is 3.99. The second-order valence-electron chi connectivity index (χ2n) is 5.31. The second-order valence-corrected chi connectivity index (χ2v) is 5.31. The Bertz CT molecular complexity index is 538. The predicted octanol–water partition coefficient (Wildman–Crippen LogP) is 2.19. The molecule has 1 heterocycles. The van der Waals surface area contributed by atoms with Crippen LogP contribution in [0.4, 0.5) is 0 Å². The lowest BCUT2D eigenvalue weighted by atomic mass is 9.93. The van der Waals surface area contributed by atoms with Crippen LogP contribution in [0.3, 0.4) is 0 Å². The molecule has 21 heavy (non-hydrogen) atoms. The molecule has 1 aliphatic rings. The van der Waals surface area contributed by atoms with Crippen LogP contribution in [0.5, 0.6) is 0 Å². The highest BCUT2D eigenvalue weighted by Gasteiger charge is 2.26. The van der Waals surface area contributed by atoms with E-state index < -0.39 is 0 Å². The van der Waals surface area contributed by atoms with E-state index in [1.165, 1.54) is 19.3 Å². The molecule has 0 aliphatic heterocycles. The first kappa shape index (κ1) is 15.5. The number of aromatic nitrogens is 1. The molecule has 0 spiro atoms. The average Bonchev–Trinajstić information content (AvgIpc) is 2.55. The Morgan fingerprint density at radius 3 is 2.86 bits per heavy atom. The molecule has 2 N–H and O–H groups in total. The van der Waals surface area contributed by atoms with Crippen molar-refractivity contribution in [3.05, 3.63) is 29.6 Å². The monoisotopic (exact) mass is 285 g/mol. The van der Waals surface area contributed by atoms with Gasteiger partial charge in [0.1, 0.15) is 0 Å². The summed E-state index contributed by atoms with van der Waals surface area (Å²) in [5, 5.41) is 0. The van der Waals surface area contributed by atoms with Crippen LogP contribution in [0.1, 0.15) is 54.9 Å². The Morgan fingerprint density at radius 1 is 1.43 bits per heavy atom. The van der Waals surface area contributed by atoms with Gasteiger partial charge in [0.25, 0.3) is 5.91 Å². The minimum absolute atomic E-state index is 0.0631. The molecule has 0 unspecified atom stereocenters. The fourth-order valence-corrected chi connectivity index (χ4v) is 2.94. The minimum atomic E-state index is 0.0631. The highest BCUT2D eigenvalue weighted by Crippen LogP contribution is 2.24. The van der Waals surface area contributed by atoms with Crippen molar-refractivity contribution in [2.45, 2.75) is 45.1 Å². The van der Waals surface area contributed by atoms with Gasteiger partial charge < -0.3 is 10.6 Å². The van der Waals surface area contributed by atoms with E-state index in [1.54, 1.807) is 18.5 Å². The number of rotatable bonds is 3. The number of hydrogen-bond donors (Lipinski definition) is 1. The Hall–Kier alpha value is -1.86. The first-order valence-electron chi connectivity index (χ1n) is 7.71. The SMILES string of the molecule is CCN(C(=O)c1ccncc1C#CCN)C1CCCCC1. The summed E-state index contributed by atoms with van der Waals surface area (Å²) in [5.41, 5.74) is 6.72. The van der Waals surface area contributed by atoms with Crippen molar-refractivity contribution in [3.8, 4) is 11.8 Å². The van der Waals surface area contributed by atoms with Crippen LogP contribution >= 0.6 is 0 Å². The third kappa shape index (κ3) is 3.83. The number of amides is 1. The van der Waals surface area contributed by atoms with Crippen LogP contribution < -0.4 is 5.73 Å². The van der Waals surface area contributed by atoms with Gasteiger partial charge in [-0.15, -0.1) is 0 Å². The summed E-state index contributed by atoms with van der Waals surface area (Å²) in [6.45, 7) is 3.05. The van der Waals surface area contributed by atoms with E-state index in [1.807, 2.05) is 11.8 Å². The molecule has 1 saturated carbocycles. The van der Waals surface area contributed by atoms with Gasteiger partial charge in [0, 0.05) is 25.0 Å². The zero-order chi connectivity index (χ0) is 15.1. The minimum Gasteiger partial charge on any atom is -0.336 e. The largest absolute Gasteiger partial charge is 0.336 e. The van der Waals surface area contributed by atoms with Gasteiger partial charge in [-0.2, -0.15) is 0 Å². The summed E-state index contributed by atoms with van der Waals surface area (Å²) in [6.07, 6.45) is 9.21. The van der Waals surface area contributed by atoms with Crippen molar-refractivity contribution in [1.29, 1.82) is 0 Å². The van der Waals surface area contributed by atoms with Crippen molar-refractivity contribution < 1.29 is 4.79 Å². The van der Waals surface area contributed by atoms with Crippen LogP contribution in [0, 0.1) is 11.8 Å². The predicted molar refractivity (Wildman–Crippen MR) is 83.8 cm³/mol. The van der Waals surface area contributed by atoms with Gasteiger partial charge in [-0.3, -0.25) is 9.78 Å². The molecule has 0 atom stereocenters. The summed E-state index contributed by atoms with van der Waals surface area (Å²) in [6, 6.07) is 2.12. The molecule has 0 saturated heterocycles. The van der Waals surface area contributed by atoms with Crippen molar-refractivity contribution in [3.63, 3.8) is 0 Å². The third-order valence-electron chi connectivity index (χ3n) is 3.99. The van der Waals surface area contributed by atoms with Crippen molar-refractivity contribution in [1.82, 2.24) is 9.88 Å². The number of carbonyl (C=O) groups is 1. The molecule has 4 nitrogen and oxygen atoms in total. The number of nitrogens with two attached hydrogens (primary N) is 1. The van der Waals surface area contributed by atoms with Gasteiger partial charge in [0.15, 0.2) is 0 Å². The Labute approximate surface area is 126 Å². The van der Waals surface area contributed by atoms with Crippen molar-refractivity contribution in [2.24, 2.45) is 5.73 Å². The van der Waals surface area contributed by atoms with Crippen LogP contribution in [-0.4, -0.2) is 34.9 Å². The molecule has 1 fully saturated rings. The first-order chi connectivity index (χ1) is 10.3. The Morgan fingerprint density at radius 2 is 2.19 bits per heavy atom. The highest BCUT2D eigenvalue weighted by molar-refractivity contribution is 5.96. The number of hydrogen-bond acceptors (Lipinski definition) is 3. The normalized spacial score (nSPS) is 15.1. The summed E-state index contributed by atoms with van der Waals surface area (Å²) in [7, 11) is 0. The summed E-state index contributed by atoms with van der Waals surface area (Å²) in [4.78, 5) is 18.9. The Kier molecular flexibility index (Phi) is 5.77. The summed E-state index contributed by atoms with van der Waals surface area (Å²) < 4.78 is 0. The molecular weight excluding hydrogens is 262 g/mol. The van der Waals surface area contributed by atoms with Crippen LogP contribution in [0.15, 0.2) is 18.5 Å². The zero-order valence-corrected chi connectivity index (χ0v) is 12.6. The van der Waals surface area contributed by atoms with Crippen LogP contribution in [0.25, 0.3) is 0 Å². The van der Waals surface area contributed by atoms with Crippen molar-refractivity contribution >= 4 is 5.91 Å². The van der Waals surface area contributed by atoms with Crippen LogP contribution in [0.2, 0.25) is 0 Å². The van der Waals surface area contributed by atoms with Gasteiger partial charge in [-0.1, -0.05) is 31.1 Å². The highest BCUT2D eigenvalue weighted by atomic mass is 16.2. The van der Waals surface area contributed by atoms with Gasteiger partial charge >= 0.3 is 0 Å². The lowest BCUT2D eigenvalue weighted by Crippen LogP contribution is -2.41. The van der Waals surface area contributed by atoms with E-state index in [2.05, 4.69) is 16.8 Å². The molecule has 0 aromatic carbocycles. The lowest BCUT2D eigenvalue weighted by molar-refractivity contribution is 0.0647. The smallest absolute Gasteiger partial charge is 0.255 e. The summed E-state index contributed by atoms with van der Waals surface area (Å²) in [5.74, 6) is 5.82. The van der Waals surface area contributed by atoms with E-state index in [4.69, 9.17) is 5.73 Å². The lowest BCUT2D eigenvalue weighted by Gasteiger charge is -2.33. The molecule has 4 heteroatoms. The molecule has 112 valence electrons. The fourth-order valence-electron chi connectivity index (χ4n) is 2.94. The Balaban J connectivity index is 2.24. The topological polar surface area (TPSA) is 59.2 Å². The molecule has 2 rings (SSSR count). The maximum Gasteiger partial charge on any atom is 0.255 e. The number of pyridine rings is 1. The molecule has 0 radical (unpaired) electrons. The molecule has 1 aromatic heterocycles. The van der Waals surface area contributed by atoms with Gasteiger partial charge in [0.2, 0.25) is 0 Å². The van der Waals surface area contributed by atoms with Gasteiger partial charge in [-0.05, 0) is 25.8 Å². The summed E-state index contributed by atoms with van der Waals surface area (Å²) >= 11 is 0. The number of nitrogens with zero attached hydrogens (tertiary/aromatic N) is 2. The first-order valence-corrected chi connectivity index (χ1v) is 7.71. The molecule has 0 bridgehead atoms. The maximum atomic E-state index is 12.9. The van der Waals surface area contributed by atoms with E-state index in [0.717, 1.165) is 19.4 Å². The van der Waals surface area contributed by atoms with E-state index in [9.17, 15) is 4.79 Å². The zero-order valence-electron chi connectivity index (χ0n) is 12.6. The fraction of sp³-hybridized carbons (Fsp3) is 0.529. The molecular formula is C17H23N3O. The molecule has 1 amide bonds. The van der Waals surface area contributed by atoms with Gasteiger partial charge in [0.05, 0.1) is 17.7 Å². The van der Waals surface area contributed by atoms with Crippen molar-refractivity contribution in [2.75, 3.05) is 13.1 Å². The molecule has 1 aromatic rings. The van der Waals surface area contributed by atoms with Crippen LogP contribution in [-0.2, 0) is 0 Å². The molecule has 1 aliphatic carbocycles. The van der Waals surface area contributed by atoms with E-state index in [0.29, 0.717) is 17.2 Å². The number of carbonyl (C=O) groups excluding carboxylic acids is 1. The van der Waals surface area contributed by atoms with E-state index in [-0.39, 0.29) is 12.5 Å². The van der Waals surface area contributed by atoms with Gasteiger partial charge in [-0.25, -0.2) is 0 Å². The maximum absolute atomic E-state index is 12.9. The average molecular weight is 285 g/mol. The van der Waals surface area contributed by atoms with E-state index >= 15 is 0 Å². The second kappa shape index (κ2) is 7.80.